The van der Waals surface area contributed by atoms with E-state index in [1.165, 1.54) is 0 Å². The molecule has 4 aromatic rings. The smallest absolute Gasteiger partial charge is 0.278 e. The molecule has 0 atom stereocenters. The molecule has 0 aliphatic rings. The molecule has 6 heteroatoms. The zero-order valence-corrected chi connectivity index (χ0v) is 16.3. The van der Waals surface area contributed by atoms with E-state index in [4.69, 9.17) is 5.10 Å². The highest BCUT2D eigenvalue weighted by Gasteiger charge is 2.19. The average molecular weight is 361 g/mol. The van der Waals surface area contributed by atoms with Gasteiger partial charge in [0.1, 0.15) is 5.52 Å². The quantitative estimate of drug-likeness (QED) is 0.560. The Labute approximate surface area is 157 Å². The first-order valence-corrected chi connectivity index (χ1v) is 9.08. The molecule has 4 rings (SSSR count). The second-order valence-corrected chi connectivity index (χ2v) is 7.29. The highest BCUT2D eigenvalue weighted by molar-refractivity contribution is 5.65. The number of benzene rings is 1. The van der Waals surface area contributed by atoms with E-state index in [0.29, 0.717) is 11.3 Å². The molecular weight excluding hydrogens is 338 g/mol. The maximum atomic E-state index is 13.1. The minimum absolute atomic E-state index is 0.0210. The van der Waals surface area contributed by atoms with Gasteiger partial charge in [-0.3, -0.25) is 9.36 Å². The SMILES string of the molecule is Cc1cc(-n2cccn2)ccc1-c1nn2c(C)cc(C(C)C)c2c(=O)n1C. The molecule has 0 saturated carbocycles. The summed E-state index contributed by atoms with van der Waals surface area (Å²) < 4.78 is 5.25. The zero-order chi connectivity index (χ0) is 19.3. The minimum Gasteiger partial charge on any atom is -0.293 e. The molecule has 0 N–H and O–H groups in total. The predicted molar refractivity (Wildman–Crippen MR) is 107 cm³/mol. The van der Waals surface area contributed by atoms with E-state index in [1.807, 2.05) is 42.9 Å². The van der Waals surface area contributed by atoms with Crippen molar-refractivity contribution in [1.82, 2.24) is 24.0 Å². The molecule has 6 nitrogen and oxygen atoms in total. The number of nitrogens with zero attached hydrogens (tertiary/aromatic N) is 5. The predicted octanol–water partition coefficient (Wildman–Crippen LogP) is 3.63. The molecule has 0 aliphatic carbocycles. The second-order valence-electron chi connectivity index (χ2n) is 7.29. The third-order valence-electron chi connectivity index (χ3n) is 5.05. The third-order valence-corrected chi connectivity index (χ3v) is 5.05. The van der Waals surface area contributed by atoms with Crippen molar-refractivity contribution >= 4 is 5.52 Å². The van der Waals surface area contributed by atoms with Gasteiger partial charge in [-0.2, -0.15) is 5.10 Å². The lowest BCUT2D eigenvalue weighted by atomic mass is 10.1. The van der Waals surface area contributed by atoms with E-state index in [9.17, 15) is 4.79 Å². The van der Waals surface area contributed by atoms with Gasteiger partial charge in [-0.1, -0.05) is 13.8 Å². The number of hydrogen-bond donors (Lipinski definition) is 0. The molecule has 0 amide bonds. The van der Waals surface area contributed by atoms with Crippen LogP contribution in [0, 0.1) is 13.8 Å². The Morgan fingerprint density at radius 3 is 2.52 bits per heavy atom. The fraction of sp³-hybridized carbons (Fsp3) is 0.286. The third kappa shape index (κ3) is 2.68. The molecular formula is C21H23N5O. The van der Waals surface area contributed by atoms with Crippen LogP contribution in [0.5, 0.6) is 0 Å². The first-order valence-electron chi connectivity index (χ1n) is 9.08. The number of aromatic nitrogens is 5. The maximum absolute atomic E-state index is 13.1. The van der Waals surface area contributed by atoms with E-state index in [-0.39, 0.29) is 11.5 Å². The molecule has 3 heterocycles. The first-order chi connectivity index (χ1) is 12.9. The summed E-state index contributed by atoms with van der Waals surface area (Å²) in [4.78, 5) is 13.1. The van der Waals surface area contributed by atoms with E-state index in [0.717, 1.165) is 28.1 Å². The van der Waals surface area contributed by atoms with Crippen LogP contribution < -0.4 is 5.56 Å². The first kappa shape index (κ1) is 17.3. The van der Waals surface area contributed by atoms with Gasteiger partial charge in [0.05, 0.1) is 5.69 Å². The van der Waals surface area contributed by atoms with E-state index >= 15 is 0 Å². The van der Waals surface area contributed by atoms with Crippen LogP contribution in [0.1, 0.15) is 36.6 Å². The van der Waals surface area contributed by atoms with Crippen LogP contribution in [0.2, 0.25) is 0 Å². The lowest BCUT2D eigenvalue weighted by Gasteiger charge is -2.13. The van der Waals surface area contributed by atoms with E-state index in [1.54, 1.807) is 22.3 Å². The second kappa shape index (κ2) is 6.23. The Hall–Kier alpha value is -3.15. The summed E-state index contributed by atoms with van der Waals surface area (Å²) in [5, 5.41) is 9.09. The lowest BCUT2D eigenvalue weighted by Crippen LogP contribution is -2.24. The van der Waals surface area contributed by atoms with Gasteiger partial charge in [0.25, 0.3) is 5.56 Å². The van der Waals surface area contributed by atoms with Gasteiger partial charge in [0.2, 0.25) is 0 Å². The number of rotatable bonds is 3. The lowest BCUT2D eigenvalue weighted by molar-refractivity contribution is 0.762. The zero-order valence-electron chi connectivity index (χ0n) is 16.3. The fourth-order valence-corrected chi connectivity index (χ4v) is 3.55. The van der Waals surface area contributed by atoms with Crippen molar-refractivity contribution < 1.29 is 0 Å². The van der Waals surface area contributed by atoms with Crippen LogP contribution in [-0.4, -0.2) is 24.0 Å². The topological polar surface area (TPSA) is 57.1 Å². The fourth-order valence-electron chi connectivity index (χ4n) is 3.55. The number of fused-ring (bicyclic) bond motifs is 1. The molecule has 0 unspecified atom stereocenters. The Kier molecular flexibility index (Phi) is 3.98. The van der Waals surface area contributed by atoms with E-state index in [2.05, 4.69) is 31.1 Å². The summed E-state index contributed by atoms with van der Waals surface area (Å²) in [6.45, 7) is 8.21. The monoisotopic (exact) mass is 361 g/mol. The molecule has 3 aromatic heterocycles. The Morgan fingerprint density at radius 1 is 1.11 bits per heavy atom. The van der Waals surface area contributed by atoms with Crippen molar-refractivity contribution in [3.63, 3.8) is 0 Å². The van der Waals surface area contributed by atoms with Crippen molar-refractivity contribution in [1.29, 1.82) is 0 Å². The van der Waals surface area contributed by atoms with Crippen LogP contribution in [0.3, 0.4) is 0 Å². The van der Waals surface area contributed by atoms with Gasteiger partial charge < -0.3 is 0 Å². The molecule has 0 fully saturated rings. The standard InChI is InChI=1S/C21H23N5O/c1-13(2)18-12-15(4)26-19(18)21(27)24(5)20(23-26)17-8-7-16(11-14(17)3)25-10-6-9-22-25/h6-13H,1-5H3. The summed E-state index contributed by atoms with van der Waals surface area (Å²) in [6.07, 6.45) is 3.66. The van der Waals surface area contributed by atoms with Crippen LogP contribution in [-0.2, 0) is 7.05 Å². The Morgan fingerprint density at radius 2 is 1.89 bits per heavy atom. The number of hydrogen-bond acceptors (Lipinski definition) is 3. The van der Waals surface area contributed by atoms with Gasteiger partial charge in [-0.25, -0.2) is 9.20 Å². The molecule has 0 aliphatic heterocycles. The van der Waals surface area contributed by atoms with Crippen LogP contribution in [0.15, 0.2) is 47.5 Å². The molecule has 0 radical (unpaired) electrons. The van der Waals surface area contributed by atoms with Crippen LogP contribution >= 0.6 is 0 Å². The van der Waals surface area contributed by atoms with Crippen molar-refractivity contribution in [2.45, 2.75) is 33.6 Å². The van der Waals surface area contributed by atoms with Gasteiger partial charge in [0, 0.05) is 30.7 Å². The van der Waals surface area contributed by atoms with Crippen molar-refractivity contribution in [2.24, 2.45) is 7.05 Å². The normalized spacial score (nSPS) is 11.6. The minimum atomic E-state index is -0.0210. The van der Waals surface area contributed by atoms with Gasteiger partial charge in [-0.05, 0) is 61.2 Å². The van der Waals surface area contributed by atoms with Crippen LogP contribution in [0.25, 0.3) is 22.6 Å². The largest absolute Gasteiger partial charge is 0.293 e. The summed E-state index contributed by atoms with van der Waals surface area (Å²) in [7, 11) is 1.79. The van der Waals surface area contributed by atoms with Crippen molar-refractivity contribution in [3.8, 4) is 17.1 Å². The maximum Gasteiger partial charge on any atom is 0.278 e. The molecule has 138 valence electrons. The number of aryl methyl sites for hydroxylation is 2. The molecule has 0 spiro atoms. The van der Waals surface area contributed by atoms with Crippen molar-refractivity contribution in [3.05, 3.63) is 69.9 Å². The van der Waals surface area contributed by atoms with Gasteiger partial charge in [0.15, 0.2) is 5.82 Å². The summed E-state index contributed by atoms with van der Waals surface area (Å²) in [5.41, 5.74) is 5.61. The Balaban J connectivity index is 1.94. The average Bonchev–Trinajstić information content (AvgIpc) is 3.27. The molecule has 27 heavy (non-hydrogen) atoms. The highest BCUT2D eigenvalue weighted by atomic mass is 16.1. The van der Waals surface area contributed by atoms with Gasteiger partial charge in [-0.15, -0.1) is 5.10 Å². The van der Waals surface area contributed by atoms with Crippen LogP contribution in [0.4, 0.5) is 0 Å². The van der Waals surface area contributed by atoms with Crippen molar-refractivity contribution in [2.75, 3.05) is 0 Å². The molecule has 0 saturated heterocycles. The van der Waals surface area contributed by atoms with Gasteiger partial charge >= 0.3 is 0 Å². The highest BCUT2D eigenvalue weighted by Crippen LogP contribution is 2.26. The van der Waals surface area contributed by atoms with E-state index < -0.39 is 0 Å². The summed E-state index contributed by atoms with van der Waals surface area (Å²) in [5.74, 6) is 0.926. The summed E-state index contributed by atoms with van der Waals surface area (Å²) >= 11 is 0. The summed E-state index contributed by atoms with van der Waals surface area (Å²) in [6, 6.07) is 10.0. The Bertz CT molecular complexity index is 1200. The molecule has 0 bridgehead atoms. The molecule has 1 aromatic carbocycles.